The van der Waals surface area contributed by atoms with E-state index in [1.165, 1.54) is 0 Å². The summed E-state index contributed by atoms with van der Waals surface area (Å²) in [5, 5.41) is 11.5. The Morgan fingerprint density at radius 1 is 1.47 bits per heavy atom. The molecule has 1 amide bonds. The number of nitrogens with zero attached hydrogens (tertiary/aromatic N) is 2. The first-order valence-electron chi connectivity index (χ1n) is 6.39. The van der Waals surface area contributed by atoms with Crippen LogP contribution in [-0.2, 0) is 16.0 Å². The van der Waals surface area contributed by atoms with Crippen molar-refractivity contribution in [3.05, 3.63) is 21.9 Å². The Kier molecular flexibility index (Phi) is 3.06. The number of thiophene rings is 1. The van der Waals surface area contributed by atoms with Gasteiger partial charge in [-0.1, -0.05) is 0 Å². The number of carboxylic acid groups (broad SMARTS) is 1. The molecule has 1 aromatic rings. The fourth-order valence-corrected chi connectivity index (χ4v) is 3.96. The number of carboxylic acids is 1. The molecule has 1 N–H and O–H groups in total. The van der Waals surface area contributed by atoms with Crippen molar-refractivity contribution in [3.63, 3.8) is 0 Å². The maximum Gasteiger partial charge on any atom is 0.325 e. The Labute approximate surface area is 115 Å². The summed E-state index contributed by atoms with van der Waals surface area (Å²) in [6.45, 7) is 1.36. The molecule has 2 aliphatic rings. The minimum atomic E-state index is -0.860. The summed E-state index contributed by atoms with van der Waals surface area (Å²) in [6.07, 6.45) is 1.56. The van der Waals surface area contributed by atoms with E-state index >= 15 is 0 Å². The maximum atomic E-state index is 12.1. The van der Waals surface area contributed by atoms with Crippen molar-refractivity contribution in [2.24, 2.45) is 0 Å². The van der Waals surface area contributed by atoms with E-state index in [4.69, 9.17) is 0 Å². The number of aliphatic carboxylic acids is 1. The van der Waals surface area contributed by atoms with Crippen molar-refractivity contribution < 1.29 is 14.7 Å². The van der Waals surface area contributed by atoms with Crippen LogP contribution in [0.1, 0.15) is 22.9 Å². The van der Waals surface area contributed by atoms with Crippen LogP contribution < -0.4 is 0 Å². The molecule has 0 spiro atoms. The van der Waals surface area contributed by atoms with Gasteiger partial charge in [-0.05, 0) is 29.9 Å². The van der Waals surface area contributed by atoms with Gasteiger partial charge in [0.05, 0.1) is 6.04 Å². The Balaban J connectivity index is 1.94. The molecule has 5 nitrogen and oxygen atoms in total. The monoisotopic (exact) mass is 280 g/mol. The summed E-state index contributed by atoms with van der Waals surface area (Å²) in [5.74, 6) is -0.813. The fraction of sp³-hybridized carbons (Fsp3) is 0.538. The van der Waals surface area contributed by atoms with Gasteiger partial charge in [0, 0.05) is 25.0 Å². The normalized spacial score (nSPS) is 27.6. The number of carbonyl (C=O) groups is 2. The fourth-order valence-electron chi connectivity index (χ4n) is 3.06. The highest BCUT2D eigenvalue weighted by molar-refractivity contribution is 7.10. The summed E-state index contributed by atoms with van der Waals surface area (Å²) in [7, 11) is 1.78. The number of hydrogen-bond acceptors (Lipinski definition) is 4. The zero-order chi connectivity index (χ0) is 13.6. The van der Waals surface area contributed by atoms with Crippen LogP contribution in [0.5, 0.6) is 0 Å². The van der Waals surface area contributed by atoms with Crippen molar-refractivity contribution in [3.8, 4) is 0 Å². The van der Waals surface area contributed by atoms with Gasteiger partial charge in [0.25, 0.3) is 0 Å². The van der Waals surface area contributed by atoms with E-state index < -0.39 is 12.0 Å². The van der Waals surface area contributed by atoms with Crippen molar-refractivity contribution in [2.45, 2.75) is 24.9 Å². The van der Waals surface area contributed by atoms with E-state index in [1.54, 1.807) is 23.3 Å². The third-order valence-corrected chi connectivity index (χ3v) is 5.03. The maximum absolute atomic E-state index is 12.1. The van der Waals surface area contributed by atoms with Gasteiger partial charge in [0.15, 0.2) is 0 Å². The summed E-state index contributed by atoms with van der Waals surface area (Å²) < 4.78 is 0. The predicted octanol–water partition coefficient (Wildman–Crippen LogP) is 0.963. The number of likely N-dealkylation sites (N-methyl/N-ethyl adjacent to an activating group) is 1. The molecule has 2 atom stereocenters. The summed E-state index contributed by atoms with van der Waals surface area (Å²) in [6, 6.07) is 0.934. The largest absolute Gasteiger partial charge is 0.480 e. The minimum absolute atomic E-state index is 0.0462. The molecule has 19 heavy (non-hydrogen) atoms. The van der Waals surface area contributed by atoms with Crippen LogP contribution in [-0.4, -0.2) is 53.0 Å². The summed E-state index contributed by atoms with van der Waals surface area (Å²) in [5.41, 5.74) is 0.867. The zero-order valence-electron chi connectivity index (χ0n) is 10.7. The molecule has 0 radical (unpaired) electrons. The number of likely N-dealkylation sites (tertiary alicyclic amines) is 1. The van der Waals surface area contributed by atoms with E-state index in [2.05, 4.69) is 0 Å². The molecule has 3 heterocycles. The standard InChI is InChI=1S/C13H16N2O3S/c1-14-5-2-9(12(14)16)15-6-3-10-8(4-7-19-10)11(15)13(17)18/h4,7,9,11H,2-3,5-6H2,1H3,(H,17,18). The molecule has 2 unspecified atom stereocenters. The smallest absolute Gasteiger partial charge is 0.325 e. The minimum Gasteiger partial charge on any atom is -0.480 e. The molecule has 6 heteroatoms. The zero-order valence-corrected chi connectivity index (χ0v) is 11.5. The number of rotatable bonds is 2. The van der Waals surface area contributed by atoms with Crippen LogP contribution in [0, 0.1) is 0 Å². The second kappa shape index (κ2) is 4.61. The van der Waals surface area contributed by atoms with E-state index in [-0.39, 0.29) is 11.9 Å². The first kappa shape index (κ1) is 12.6. The van der Waals surface area contributed by atoms with Crippen LogP contribution in [0.4, 0.5) is 0 Å². The lowest BCUT2D eigenvalue weighted by Gasteiger charge is -2.36. The molecule has 1 saturated heterocycles. The Morgan fingerprint density at radius 2 is 2.26 bits per heavy atom. The molecular formula is C13H16N2O3S. The molecular weight excluding hydrogens is 264 g/mol. The number of amides is 1. The molecule has 3 rings (SSSR count). The second-order valence-corrected chi connectivity index (χ2v) is 6.09. The van der Waals surface area contributed by atoms with Crippen LogP contribution in [0.2, 0.25) is 0 Å². The molecule has 0 aliphatic carbocycles. The van der Waals surface area contributed by atoms with Crippen molar-refractivity contribution >= 4 is 23.2 Å². The number of carbonyl (C=O) groups excluding carboxylic acids is 1. The molecule has 1 fully saturated rings. The highest BCUT2D eigenvalue weighted by Crippen LogP contribution is 2.36. The average Bonchev–Trinajstić information content (AvgIpc) is 2.96. The Bertz CT molecular complexity index is 528. The molecule has 0 saturated carbocycles. The lowest BCUT2D eigenvalue weighted by atomic mass is 9.97. The topological polar surface area (TPSA) is 60.9 Å². The van der Waals surface area contributed by atoms with Gasteiger partial charge in [-0.25, -0.2) is 0 Å². The second-order valence-electron chi connectivity index (χ2n) is 5.09. The van der Waals surface area contributed by atoms with Crippen molar-refractivity contribution in [1.82, 2.24) is 9.80 Å². The third-order valence-electron chi connectivity index (χ3n) is 4.04. The van der Waals surface area contributed by atoms with Gasteiger partial charge in [-0.15, -0.1) is 11.3 Å². The lowest BCUT2D eigenvalue weighted by molar-refractivity contribution is -0.146. The number of hydrogen-bond donors (Lipinski definition) is 1. The van der Waals surface area contributed by atoms with E-state index in [1.807, 2.05) is 16.3 Å². The van der Waals surface area contributed by atoms with E-state index in [0.717, 1.165) is 23.3 Å². The van der Waals surface area contributed by atoms with Crippen LogP contribution in [0.25, 0.3) is 0 Å². The highest BCUT2D eigenvalue weighted by atomic mass is 32.1. The first-order chi connectivity index (χ1) is 9.09. The summed E-state index contributed by atoms with van der Waals surface area (Å²) in [4.78, 5) is 28.4. The van der Waals surface area contributed by atoms with E-state index in [0.29, 0.717) is 13.1 Å². The van der Waals surface area contributed by atoms with Crippen LogP contribution in [0.15, 0.2) is 11.4 Å². The van der Waals surface area contributed by atoms with Gasteiger partial charge in [-0.2, -0.15) is 0 Å². The molecule has 0 bridgehead atoms. The quantitative estimate of drug-likeness (QED) is 0.876. The SMILES string of the molecule is CN1CCC(N2CCc3sccc3C2C(=O)O)C1=O. The summed E-state index contributed by atoms with van der Waals surface area (Å²) >= 11 is 1.61. The lowest BCUT2D eigenvalue weighted by Crippen LogP contribution is -2.48. The van der Waals surface area contributed by atoms with Gasteiger partial charge in [0.2, 0.25) is 5.91 Å². The number of fused-ring (bicyclic) bond motifs is 1. The van der Waals surface area contributed by atoms with Gasteiger partial charge < -0.3 is 10.0 Å². The third kappa shape index (κ3) is 1.95. The predicted molar refractivity (Wildman–Crippen MR) is 71.1 cm³/mol. The molecule has 1 aromatic heterocycles. The Morgan fingerprint density at radius 3 is 2.89 bits per heavy atom. The molecule has 0 aromatic carbocycles. The van der Waals surface area contributed by atoms with Crippen LogP contribution >= 0.6 is 11.3 Å². The van der Waals surface area contributed by atoms with Gasteiger partial charge >= 0.3 is 5.97 Å². The van der Waals surface area contributed by atoms with Gasteiger partial charge in [0.1, 0.15) is 6.04 Å². The van der Waals surface area contributed by atoms with Crippen molar-refractivity contribution in [1.29, 1.82) is 0 Å². The Hall–Kier alpha value is -1.40. The first-order valence-corrected chi connectivity index (χ1v) is 7.27. The van der Waals surface area contributed by atoms with Crippen molar-refractivity contribution in [2.75, 3.05) is 20.1 Å². The average molecular weight is 280 g/mol. The molecule has 2 aliphatic heterocycles. The van der Waals surface area contributed by atoms with Crippen LogP contribution in [0.3, 0.4) is 0 Å². The van der Waals surface area contributed by atoms with Gasteiger partial charge in [-0.3, -0.25) is 14.5 Å². The highest BCUT2D eigenvalue weighted by Gasteiger charge is 2.43. The molecule has 102 valence electrons. The van der Waals surface area contributed by atoms with E-state index in [9.17, 15) is 14.7 Å².